The molecule has 1 N–H and O–H groups in total. The van der Waals surface area contributed by atoms with Gasteiger partial charge in [0.2, 0.25) is 0 Å². The Morgan fingerprint density at radius 1 is 1.22 bits per heavy atom. The fraction of sp³-hybridized carbons (Fsp3) is 0.250. The quantitative estimate of drug-likeness (QED) is 0.704. The highest BCUT2D eigenvalue weighted by atomic mass is 32.1. The van der Waals surface area contributed by atoms with Gasteiger partial charge in [-0.05, 0) is 30.7 Å². The van der Waals surface area contributed by atoms with Crippen molar-refractivity contribution in [2.24, 2.45) is 0 Å². The molecule has 7 heteroatoms. The van der Waals surface area contributed by atoms with Gasteiger partial charge in [0, 0.05) is 22.1 Å². The van der Waals surface area contributed by atoms with Crippen LogP contribution in [0, 0.1) is 0 Å². The summed E-state index contributed by atoms with van der Waals surface area (Å²) in [4.78, 5) is 28.3. The number of aryl methyl sites for hydroxylation is 1. The van der Waals surface area contributed by atoms with E-state index in [2.05, 4.69) is 10.5 Å². The van der Waals surface area contributed by atoms with Crippen molar-refractivity contribution < 1.29 is 14.1 Å². The Morgan fingerprint density at radius 2 is 2.07 bits per heavy atom. The highest BCUT2D eigenvalue weighted by molar-refractivity contribution is 7.10. The number of aromatic nitrogens is 1. The van der Waals surface area contributed by atoms with Gasteiger partial charge in [-0.2, -0.15) is 0 Å². The minimum Gasteiger partial charge on any atom is -0.356 e. The Morgan fingerprint density at radius 3 is 2.93 bits per heavy atom. The molecule has 2 aromatic heterocycles. The summed E-state index contributed by atoms with van der Waals surface area (Å²) in [5, 5.41) is 8.99. The van der Waals surface area contributed by atoms with Crippen molar-refractivity contribution in [2.45, 2.75) is 31.3 Å². The molecule has 1 aliphatic carbocycles. The van der Waals surface area contributed by atoms with E-state index >= 15 is 0 Å². The second-order valence-corrected chi connectivity index (χ2v) is 7.89. The highest BCUT2D eigenvalue weighted by Crippen LogP contribution is 2.42. The van der Waals surface area contributed by atoms with Gasteiger partial charge < -0.3 is 9.84 Å². The molecule has 1 aliphatic heterocycles. The molecule has 3 aromatic rings. The molecule has 3 heterocycles. The summed E-state index contributed by atoms with van der Waals surface area (Å²) >= 11 is 1.65. The lowest BCUT2D eigenvalue weighted by atomic mass is 9.80. The topological polar surface area (TPSA) is 75.4 Å². The number of benzene rings is 1. The second-order valence-electron chi connectivity index (χ2n) is 6.89. The lowest BCUT2D eigenvalue weighted by molar-refractivity contribution is -0.132. The Hall–Kier alpha value is -2.93. The summed E-state index contributed by atoms with van der Waals surface area (Å²) in [6.07, 6.45) is 2.48. The second kappa shape index (κ2) is 6.06. The van der Waals surface area contributed by atoms with Crippen LogP contribution < -0.4 is 5.32 Å². The maximum absolute atomic E-state index is 13.2. The first kappa shape index (κ1) is 16.3. The molecule has 1 fully saturated rings. The molecule has 1 atom stereocenters. The molecule has 0 bridgehead atoms. The number of urea groups is 1. The van der Waals surface area contributed by atoms with E-state index in [9.17, 15) is 9.59 Å². The number of thiophene rings is 1. The number of carbonyl (C=O) groups excluding carboxylic acids is 2. The number of hydrogen-bond donors (Lipinski definition) is 1. The first-order valence-corrected chi connectivity index (χ1v) is 9.77. The molecular weight excluding hydrogens is 362 g/mol. The largest absolute Gasteiger partial charge is 0.356 e. The van der Waals surface area contributed by atoms with Crippen LogP contribution in [0.2, 0.25) is 0 Å². The number of hydrogen-bond acceptors (Lipinski definition) is 5. The predicted molar refractivity (Wildman–Crippen MR) is 100.0 cm³/mol. The third-order valence-corrected chi connectivity index (χ3v) is 6.25. The minimum atomic E-state index is -0.920. The van der Waals surface area contributed by atoms with Gasteiger partial charge in [-0.15, -0.1) is 11.3 Å². The third-order valence-electron chi connectivity index (χ3n) is 5.27. The van der Waals surface area contributed by atoms with Gasteiger partial charge in [-0.3, -0.25) is 9.69 Å². The number of imide groups is 1. The predicted octanol–water partition coefficient (Wildman–Crippen LogP) is 3.69. The van der Waals surface area contributed by atoms with Crippen molar-refractivity contribution >= 4 is 23.3 Å². The van der Waals surface area contributed by atoms with E-state index in [4.69, 9.17) is 4.52 Å². The SMILES string of the molecule is O=C1N[C@]2(CCCc3sccc32)C(=O)N1Cc1cc(-c2ccccc2)on1. The number of nitrogens with zero attached hydrogens (tertiary/aromatic N) is 2. The zero-order valence-corrected chi connectivity index (χ0v) is 15.3. The van der Waals surface area contributed by atoms with Crippen molar-refractivity contribution in [3.63, 3.8) is 0 Å². The molecule has 1 spiro atoms. The molecule has 1 aromatic carbocycles. The molecule has 0 radical (unpaired) electrons. The zero-order chi connectivity index (χ0) is 18.4. The molecule has 0 saturated carbocycles. The lowest BCUT2D eigenvalue weighted by Gasteiger charge is -2.31. The van der Waals surface area contributed by atoms with Gasteiger partial charge in [0.15, 0.2) is 5.76 Å². The first-order valence-electron chi connectivity index (χ1n) is 8.89. The lowest BCUT2D eigenvalue weighted by Crippen LogP contribution is -2.46. The number of carbonyl (C=O) groups is 2. The first-order chi connectivity index (χ1) is 13.2. The fourth-order valence-corrected chi connectivity index (χ4v) is 4.97. The van der Waals surface area contributed by atoms with Gasteiger partial charge >= 0.3 is 6.03 Å². The zero-order valence-electron chi connectivity index (χ0n) is 14.5. The normalized spacial score (nSPS) is 21.6. The maximum atomic E-state index is 13.2. The summed E-state index contributed by atoms with van der Waals surface area (Å²) < 4.78 is 5.39. The molecular formula is C20H17N3O3S. The minimum absolute atomic E-state index is 0.0994. The average Bonchev–Trinajstić information content (AvgIpc) is 3.40. The third kappa shape index (κ3) is 2.49. The van der Waals surface area contributed by atoms with Gasteiger partial charge in [-0.25, -0.2) is 4.79 Å². The smallest absolute Gasteiger partial charge is 0.325 e. The van der Waals surface area contributed by atoms with Crippen LogP contribution in [0.4, 0.5) is 4.79 Å². The van der Waals surface area contributed by atoms with E-state index in [1.165, 1.54) is 9.78 Å². The van der Waals surface area contributed by atoms with Crippen molar-refractivity contribution in [1.29, 1.82) is 0 Å². The van der Waals surface area contributed by atoms with Gasteiger partial charge in [-0.1, -0.05) is 35.5 Å². The van der Waals surface area contributed by atoms with E-state index < -0.39 is 5.54 Å². The van der Waals surface area contributed by atoms with E-state index in [1.807, 2.05) is 41.8 Å². The number of amides is 3. The van der Waals surface area contributed by atoms with Crippen LogP contribution in [0.25, 0.3) is 11.3 Å². The van der Waals surface area contributed by atoms with Crippen LogP contribution in [0.15, 0.2) is 52.4 Å². The number of fused-ring (bicyclic) bond motifs is 2. The maximum Gasteiger partial charge on any atom is 0.325 e. The Labute approximate surface area is 159 Å². The molecule has 6 nitrogen and oxygen atoms in total. The van der Waals surface area contributed by atoms with Gasteiger partial charge in [0.25, 0.3) is 5.91 Å². The van der Waals surface area contributed by atoms with E-state index in [0.717, 1.165) is 24.0 Å². The van der Waals surface area contributed by atoms with E-state index in [1.54, 1.807) is 17.4 Å². The highest BCUT2D eigenvalue weighted by Gasteiger charge is 2.54. The standard InChI is InChI=1S/C20H17N3O3S/c24-18-20(9-4-7-17-15(20)8-10-27-17)21-19(25)23(18)12-14-11-16(26-22-14)13-5-2-1-3-6-13/h1-3,5-6,8,10-11H,4,7,9,12H2,(H,21,25)/t20-/m0/s1. The van der Waals surface area contributed by atoms with Crippen LogP contribution in [-0.2, 0) is 23.3 Å². The summed E-state index contributed by atoms with van der Waals surface area (Å²) in [7, 11) is 0. The van der Waals surface area contributed by atoms with Crippen molar-refractivity contribution in [1.82, 2.24) is 15.4 Å². The van der Waals surface area contributed by atoms with Crippen LogP contribution in [0.1, 0.15) is 29.0 Å². The van der Waals surface area contributed by atoms with Crippen molar-refractivity contribution in [3.05, 3.63) is 64.0 Å². The fourth-order valence-electron chi connectivity index (χ4n) is 3.97. The number of nitrogens with one attached hydrogen (secondary N) is 1. The molecule has 5 rings (SSSR count). The van der Waals surface area contributed by atoms with E-state index in [0.29, 0.717) is 17.9 Å². The summed E-state index contributed by atoms with van der Waals surface area (Å²) in [6.45, 7) is 0.0994. The molecule has 3 amide bonds. The molecule has 27 heavy (non-hydrogen) atoms. The van der Waals surface area contributed by atoms with Crippen LogP contribution >= 0.6 is 11.3 Å². The molecule has 0 unspecified atom stereocenters. The average molecular weight is 379 g/mol. The van der Waals surface area contributed by atoms with Crippen LogP contribution in [0.5, 0.6) is 0 Å². The van der Waals surface area contributed by atoms with E-state index in [-0.39, 0.29) is 18.5 Å². The molecule has 1 saturated heterocycles. The summed E-state index contributed by atoms with van der Waals surface area (Å²) in [6, 6.07) is 13.0. The Bertz CT molecular complexity index is 1030. The van der Waals surface area contributed by atoms with Crippen molar-refractivity contribution in [2.75, 3.05) is 0 Å². The van der Waals surface area contributed by atoms with Gasteiger partial charge in [0.05, 0.1) is 6.54 Å². The van der Waals surface area contributed by atoms with Crippen LogP contribution in [-0.4, -0.2) is 22.0 Å². The monoisotopic (exact) mass is 379 g/mol. The van der Waals surface area contributed by atoms with Crippen LogP contribution in [0.3, 0.4) is 0 Å². The molecule has 136 valence electrons. The Kier molecular flexibility index (Phi) is 3.65. The molecule has 2 aliphatic rings. The summed E-state index contributed by atoms with van der Waals surface area (Å²) in [5.74, 6) is 0.418. The summed E-state index contributed by atoms with van der Waals surface area (Å²) in [5.41, 5.74) is 1.48. The van der Waals surface area contributed by atoms with Gasteiger partial charge in [0.1, 0.15) is 11.2 Å². The van der Waals surface area contributed by atoms with Crippen molar-refractivity contribution in [3.8, 4) is 11.3 Å². The Balaban J connectivity index is 1.42. The number of rotatable bonds is 3.